The third-order valence-corrected chi connectivity index (χ3v) is 6.98. The van der Waals surface area contributed by atoms with Gasteiger partial charge in [0.25, 0.3) is 0 Å². The highest BCUT2D eigenvalue weighted by molar-refractivity contribution is 6.69. The number of hydrogen-bond acceptors (Lipinski definition) is 7. The maximum absolute atomic E-state index is 13.5. The number of unbranched alkanes of at least 4 members (excludes halogenated alkanes) is 1. The summed E-state index contributed by atoms with van der Waals surface area (Å²) < 4.78 is 22.6. The van der Waals surface area contributed by atoms with Crippen molar-refractivity contribution in [2.75, 3.05) is 19.8 Å². The Labute approximate surface area is 215 Å². The lowest BCUT2D eigenvalue weighted by atomic mass is 9.65. The van der Waals surface area contributed by atoms with E-state index in [-0.39, 0.29) is 25.4 Å². The molecular weight excluding hydrogens is 464 g/mol. The molecule has 8 heteroatoms. The highest BCUT2D eigenvalue weighted by Crippen LogP contribution is 2.46. The van der Waals surface area contributed by atoms with Crippen molar-refractivity contribution in [3.05, 3.63) is 0 Å². The van der Waals surface area contributed by atoms with Crippen LogP contribution in [0.5, 0.6) is 0 Å². The second-order valence-electron chi connectivity index (χ2n) is 12.8. The molecule has 0 spiro atoms. The minimum absolute atomic E-state index is 0.159. The van der Waals surface area contributed by atoms with Crippen molar-refractivity contribution < 1.29 is 33.0 Å². The third kappa shape index (κ3) is 12.4. The monoisotopic (exact) mass is 516 g/mol. The van der Waals surface area contributed by atoms with Gasteiger partial charge in [-0.2, -0.15) is 0 Å². The largest absolute Gasteiger partial charge is 0.465 e. The summed E-state index contributed by atoms with van der Waals surface area (Å²) in [7, 11) is -1.70. The Morgan fingerprint density at radius 3 is 1.69 bits per heavy atom. The van der Waals surface area contributed by atoms with Crippen LogP contribution in [-0.2, 0) is 33.0 Å². The van der Waals surface area contributed by atoms with Crippen LogP contribution in [0.2, 0.25) is 19.6 Å². The van der Waals surface area contributed by atoms with Crippen molar-refractivity contribution in [3.8, 4) is 0 Å². The van der Waals surface area contributed by atoms with Gasteiger partial charge in [-0.15, -0.1) is 0 Å². The Morgan fingerprint density at radius 2 is 1.23 bits per heavy atom. The standard InChI is InChI=1S/C27H52O7Si/c1-13-15-16-31-22(29)26(8,14-2)20-27(9,23(30)34-24(3,4)5)19-25(6,7)21(28)32-17-18-33-35(10,11)12/h13-20H2,1-12H3. The van der Waals surface area contributed by atoms with Gasteiger partial charge < -0.3 is 18.6 Å². The van der Waals surface area contributed by atoms with Crippen molar-refractivity contribution in [1.29, 1.82) is 0 Å². The summed E-state index contributed by atoms with van der Waals surface area (Å²) in [6.07, 6.45) is 2.57. The Kier molecular flexibility index (Phi) is 12.7. The number of rotatable bonds is 15. The molecule has 0 radical (unpaired) electrons. The van der Waals surface area contributed by atoms with Crippen LogP contribution in [0.25, 0.3) is 0 Å². The zero-order chi connectivity index (χ0) is 27.7. The van der Waals surface area contributed by atoms with Gasteiger partial charge in [0.05, 0.1) is 29.5 Å². The van der Waals surface area contributed by atoms with E-state index < -0.39 is 42.1 Å². The second-order valence-corrected chi connectivity index (χ2v) is 17.3. The average Bonchev–Trinajstić information content (AvgIpc) is 2.68. The van der Waals surface area contributed by atoms with E-state index in [0.29, 0.717) is 19.6 Å². The maximum atomic E-state index is 13.5. The van der Waals surface area contributed by atoms with Crippen LogP contribution in [0, 0.1) is 16.2 Å². The van der Waals surface area contributed by atoms with Gasteiger partial charge in [-0.25, -0.2) is 0 Å². The molecule has 2 unspecified atom stereocenters. The van der Waals surface area contributed by atoms with Crippen LogP contribution in [0.3, 0.4) is 0 Å². The topological polar surface area (TPSA) is 88.1 Å². The Morgan fingerprint density at radius 1 is 0.686 bits per heavy atom. The summed E-state index contributed by atoms with van der Waals surface area (Å²) in [5, 5.41) is 0. The molecular formula is C27H52O7Si. The molecule has 0 N–H and O–H groups in total. The first-order chi connectivity index (χ1) is 15.7. The molecule has 7 nitrogen and oxygen atoms in total. The molecule has 0 saturated heterocycles. The van der Waals surface area contributed by atoms with E-state index in [2.05, 4.69) is 19.6 Å². The molecule has 0 aromatic heterocycles. The van der Waals surface area contributed by atoms with E-state index in [9.17, 15) is 14.4 Å². The molecule has 0 aliphatic carbocycles. The summed E-state index contributed by atoms with van der Waals surface area (Å²) in [4.78, 5) is 39.5. The first-order valence-corrected chi connectivity index (χ1v) is 16.3. The lowest BCUT2D eigenvalue weighted by Crippen LogP contribution is -2.46. The highest BCUT2D eigenvalue weighted by atomic mass is 28.4. The van der Waals surface area contributed by atoms with Crippen LogP contribution in [0.4, 0.5) is 0 Å². The minimum Gasteiger partial charge on any atom is -0.465 e. The van der Waals surface area contributed by atoms with Crippen molar-refractivity contribution in [1.82, 2.24) is 0 Å². The normalized spacial score (nSPS) is 16.1. The molecule has 0 bridgehead atoms. The van der Waals surface area contributed by atoms with Crippen LogP contribution >= 0.6 is 0 Å². The molecule has 2 atom stereocenters. The number of esters is 3. The van der Waals surface area contributed by atoms with Crippen molar-refractivity contribution in [2.24, 2.45) is 16.2 Å². The number of carbonyl (C=O) groups excluding carboxylic acids is 3. The van der Waals surface area contributed by atoms with Gasteiger partial charge in [0.15, 0.2) is 8.32 Å². The van der Waals surface area contributed by atoms with E-state index in [1.165, 1.54) is 0 Å². The predicted molar refractivity (Wildman–Crippen MR) is 141 cm³/mol. The molecule has 0 aliphatic heterocycles. The Hall–Kier alpha value is -1.41. The van der Waals surface area contributed by atoms with Crippen molar-refractivity contribution >= 4 is 26.2 Å². The molecule has 0 saturated carbocycles. The van der Waals surface area contributed by atoms with Gasteiger partial charge in [0.1, 0.15) is 12.2 Å². The third-order valence-electron chi connectivity index (χ3n) is 5.91. The van der Waals surface area contributed by atoms with Crippen molar-refractivity contribution in [3.63, 3.8) is 0 Å². The zero-order valence-electron chi connectivity index (χ0n) is 24.5. The van der Waals surface area contributed by atoms with Gasteiger partial charge in [0, 0.05) is 0 Å². The van der Waals surface area contributed by atoms with E-state index in [0.717, 1.165) is 12.8 Å². The van der Waals surface area contributed by atoms with Crippen molar-refractivity contribution in [2.45, 2.75) is 120 Å². The van der Waals surface area contributed by atoms with E-state index >= 15 is 0 Å². The molecule has 0 rings (SSSR count). The zero-order valence-corrected chi connectivity index (χ0v) is 25.5. The summed E-state index contributed by atoms with van der Waals surface area (Å²) in [6.45, 7) is 23.6. The summed E-state index contributed by atoms with van der Waals surface area (Å²) >= 11 is 0. The molecule has 0 heterocycles. The fourth-order valence-electron chi connectivity index (χ4n) is 4.02. The van der Waals surface area contributed by atoms with E-state index in [1.54, 1.807) is 41.5 Å². The highest BCUT2D eigenvalue weighted by Gasteiger charge is 2.50. The first kappa shape index (κ1) is 33.6. The van der Waals surface area contributed by atoms with Gasteiger partial charge in [-0.1, -0.05) is 20.3 Å². The molecule has 0 aliphatic rings. The lowest BCUT2D eigenvalue weighted by molar-refractivity contribution is -0.176. The average molecular weight is 517 g/mol. The quantitative estimate of drug-likeness (QED) is 0.109. The predicted octanol–water partition coefficient (Wildman–Crippen LogP) is 6.30. The molecule has 0 fully saturated rings. The van der Waals surface area contributed by atoms with Gasteiger partial charge in [0.2, 0.25) is 0 Å². The van der Waals surface area contributed by atoms with E-state index in [4.69, 9.17) is 18.6 Å². The minimum atomic E-state index is -1.70. The molecule has 0 aromatic rings. The van der Waals surface area contributed by atoms with Crippen LogP contribution in [-0.4, -0.2) is 51.6 Å². The van der Waals surface area contributed by atoms with Crippen LogP contribution in [0.15, 0.2) is 0 Å². The van der Waals surface area contributed by atoms with Gasteiger partial charge >= 0.3 is 17.9 Å². The summed E-state index contributed by atoms with van der Waals surface area (Å²) in [5.74, 6) is -1.17. The molecule has 0 amide bonds. The summed E-state index contributed by atoms with van der Waals surface area (Å²) in [5.41, 5.74) is -3.70. The second kappa shape index (κ2) is 13.2. The fraction of sp³-hybridized carbons (Fsp3) is 0.889. The molecule has 35 heavy (non-hydrogen) atoms. The number of carbonyl (C=O) groups is 3. The Bertz CT molecular complexity index is 705. The smallest absolute Gasteiger partial charge is 0.312 e. The van der Waals surface area contributed by atoms with E-state index in [1.807, 2.05) is 20.8 Å². The van der Waals surface area contributed by atoms with Crippen LogP contribution in [0.1, 0.15) is 94.4 Å². The van der Waals surface area contributed by atoms with Gasteiger partial charge in [-0.3, -0.25) is 14.4 Å². The lowest BCUT2D eigenvalue weighted by Gasteiger charge is -2.40. The fourth-order valence-corrected chi connectivity index (χ4v) is 4.72. The molecule has 0 aromatic carbocycles. The number of ether oxygens (including phenoxy) is 3. The maximum Gasteiger partial charge on any atom is 0.312 e. The Balaban J connectivity index is 5.80. The first-order valence-electron chi connectivity index (χ1n) is 12.9. The number of hydrogen-bond donors (Lipinski definition) is 0. The van der Waals surface area contributed by atoms with Crippen LogP contribution < -0.4 is 0 Å². The summed E-state index contributed by atoms with van der Waals surface area (Å²) in [6, 6.07) is 0. The molecule has 206 valence electrons. The van der Waals surface area contributed by atoms with Gasteiger partial charge in [-0.05, 0) is 93.8 Å². The SMILES string of the molecule is CCCCOC(=O)C(C)(CC)CC(C)(CC(C)(C)C(=O)OCCO[Si](C)(C)C)C(=O)OC(C)(C)C.